The molecule has 0 radical (unpaired) electrons. The third-order valence-electron chi connectivity index (χ3n) is 3.35. The van der Waals surface area contributed by atoms with Crippen molar-refractivity contribution >= 4 is 0 Å². The molecule has 0 spiro atoms. The molecule has 2 rings (SSSR count). The maximum Gasteiger partial charge on any atom is 0.166 e. The van der Waals surface area contributed by atoms with E-state index in [-0.39, 0.29) is 17.5 Å². The molecule has 0 fully saturated rings. The molecule has 0 saturated heterocycles. The highest BCUT2D eigenvalue weighted by Crippen LogP contribution is 2.31. The number of hydrogen-bond acceptors (Lipinski definition) is 2. The van der Waals surface area contributed by atoms with Gasteiger partial charge in [0.1, 0.15) is 0 Å². The summed E-state index contributed by atoms with van der Waals surface area (Å²) in [5.74, 6) is -0.969. The van der Waals surface area contributed by atoms with Crippen LogP contribution in [0.2, 0.25) is 0 Å². The van der Waals surface area contributed by atoms with Gasteiger partial charge in [0.25, 0.3) is 0 Å². The molecule has 21 heavy (non-hydrogen) atoms. The molecule has 1 atom stereocenters. The van der Waals surface area contributed by atoms with Crippen LogP contribution in [0.1, 0.15) is 24.5 Å². The van der Waals surface area contributed by atoms with Gasteiger partial charge in [-0.3, -0.25) is 0 Å². The number of para-hydroxylation sites is 1. The van der Waals surface area contributed by atoms with Crippen LogP contribution in [0.5, 0.6) is 11.5 Å². The molecule has 0 bridgehead atoms. The van der Waals surface area contributed by atoms with Crippen LogP contribution in [0.15, 0.2) is 36.4 Å². The van der Waals surface area contributed by atoms with Crippen LogP contribution in [0.3, 0.4) is 0 Å². The Morgan fingerprint density at radius 2 is 1.90 bits per heavy atom. The average molecular weight is 291 g/mol. The van der Waals surface area contributed by atoms with E-state index in [0.29, 0.717) is 12.0 Å². The van der Waals surface area contributed by atoms with Crippen molar-refractivity contribution in [1.82, 2.24) is 0 Å². The molecule has 0 aliphatic carbocycles. The lowest BCUT2D eigenvalue weighted by atomic mass is 10.0. The van der Waals surface area contributed by atoms with Crippen molar-refractivity contribution < 1.29 is 13.5 Å². The molecule has 1 unspecified atom stereocenters. The van der Waals surface area contributed by atoms with Gasteiger partial charge in [0.05, 0.1) is 0 Å². The minimum Gasteiger partial charge on any atom is -0.451 e. The zero-order valence-electron chi connectivity index (χ0n) is 12.2. The predicted molar refractivity (Wildman–Crippen MR) is 79.6 cm³/mol. The molecule has 2 nitrogen and oxygen atoms in total. The first-order chi connectivity index (χ1) is 10.0. The standard InChI is InChI=1S/C17H19F2NO/c1-3-13(20)10-12-5-4-6-15(19)17(12)21-16-9-11(2)7-8-14(16)18/h4-9,13H,3,10,20H2,1-2H3. The van der Waals surface area contributed by atoms with Gasteiger partial charge in [-0.05, 0) is 49.1 Å². The first-order valence-electron chi connectivity index (χ1n) is 6.98. The first-order valence-corrected chi connectivity index (χ1v) is 6.98. The Morgan fingerprint density at radius 1 is 1.14 bits per heavy atom. The van der Waals surface area contributed by atoms with Crippen LogP contribution in [0, 0.1) is 18.6 Å². The molecule has 0 heterocycles. The summed E-state index contributed by atoms with van der Waals surface area (Å²) >= 11 is 0. The number of aryl methyl sites for hydroxylation is 1. The number of rotatable bonds is 5. The van der Waals surface area contributed by atoms with Gasteiger partial charge in [0.15, 0.2) is 23.1 Å². The number of benzene rings is 2. The number of nitrogens with two attached hydrogens (primary N) is 1. The fourth-order valence-corrected chi connectivity index (χ4v) is 2.05. The molecular formula is C17H19F2NO. The molecule has 0 aromatic heterocycles. The third-order valence-corrected chi connectivity index (χ3v) is 3.35. The lowest BCUT2D eigenvalue weighted by molar-refractivity contribution is 0.407. The quantitative estimate of drug-likeness (QED) is 0.889. The maximum atomic E-state index is 14.0. The zero-order chi connectivity index (χ0) is 15.4. The van der Waals surface area contributed by atoms with Gasteiger partial charge in [-0.2, -0.15) is 0 Å². The summed E-state index contributed by atoms with van der Waals surface area (Å²) < 4.78 is 33.3. The summed E-state index contributed by atoms with van der Waals surface area (Å²) in [7, 11) is 0. The summed E-state index contributed by atoms with van der Waals surface area (Å²) in [6, 6.07) is 9.06. The predicted octanol–water partition coefficient (Wildman–Crippen LogP) is 4.35. The van der Waals surface area contributed by atoms with Crippen LogP contribution in [0.4, 0.5) is 8.78 Å². The summed E-state index contributed by atoms with van der Waals surface area (Å²) in [6.07, 6.45) is 1.26. The summed E-state index contributed by atoms with van der Waals surface area (Å²) in [5.41, 5.74) is 7.41. The Morgan fingerprint density at radius 3 is 2.62 bits per heavy atom. The SMILES string of the molecule is CCC(N)Cc1cccc(F)c1Oc1cc(C)ccc1F. The largest absolute Gasteiger partial charge is 0.451 e. The van der Waals surface area contributed by atoms with Gasteiger partial charge in [-0.15, -0.1) is 0 Å². The lowest BCUT2D eigenvalue weighted by Gasteiger charge is -2.15. The monoisotopic (exact) mass is 291 g/mol. The highest BCUT2D eigenvalue weighted by atomic mass is 19.1. The van der Waals surface area contributed by atoms with E-state index in [0.717, 1.165) is 12.0 Å². The topological polar surface area (TPSA) is 35.2 Å². The molecular weight excluding hydrogens is 272 g/mol. The van der Waals surface area contributed by atoms with Crippen molar-refractivity contribution in [3.63, 3.8) is 0 Å². The second kappa shape index (κ2) is 6.68. The second-order valence-electron chi connectivity index (χ2n) is 5.14. The molecule has 2 aromatic rings. The van der Waals surface area contributed by atoms with Crippen LogP contribution in [0.25, 0.3) is 0 Å². The van der Waals surface area contributed by atoms with Crippen molar-refractivity contribution in [2.45, 2.75) is 32.7 Å². The Bertz CT molecular complexity index is 628. The van der Waals surface area contributed by atoms with Crippen LogP contribution < -0.4 is 10.5 Å². The van der Waals surface area contributed by atoms with Gasteiger partial charge in [-0.25, -0.2) is 8.78 Å². The Balaban J connectivity index is 2.36. The molecule has 0 aliphatic rings. The van der Waals surface area contributed by atoms with Crippen molar-refractivity contribution in [1.29, 1.82) is 0 Å². The minimum absolute atomic E-state index is 0.0198. The maximum absolute atomic E-state index is 14.0. The highest BCUT2D eigenvalue weighted by Gasteiger charge is 2.15. The summed E-state index contributed by atoms with van der Waals surface area (Å²) in [4.78, 5) is 0. The van der Waals surface area contributed by atoms with Gasteiger partial charge >= 0.3 is 0 Å². The number of ether oxygens (including phenoxy) is 1. The number of hydrogen-bond donors (Lipinski definition) is 1. The van der Waals surface area contributed by atoms with E-state index < -0.39 is 11.6 Å². The summed E-state index contributed by atoms with van der Waals surface area (Å²) in [6.45, 7) is 3.78. The zero-order valence-corrected chi connectivity index (χ0v) is 12.2. The van der Waals surface area contributed by atoms with Gasteiger partial charge in [0, 0.05) is 6.04 Å². The molecule has 2 aromatic carbocycles. The van der Waals surface area contributed by atoms with E-state index in [1.165, 1.54) is 12.1 Å². The molecule has 2 N–H and O–H groups in total. The molecule has 0 amide bonds. The van der Waals surface area contributed by atoms with E-state index in [9.17, 15) is 8.78 Å². The van der Waals surface area contributed by atoms with Crippen molar-refractivity contribution in [2.24, 2.45) is 5.73 Å². The molecule has 4 heteroatoms. The highest BCUT2D eigenvalue weighted by molar-refractivity contribution is 5.41. The fraction of sp³-hybridized carbons (Fsp3) is 0.294. The van der Waals surface area contributed by atoms with Crippen LogP contribution in [-0.4, -0.2) is 6.04 Å². The van der Waals surface area contributed by atoms with Crippen LogP contribution in [-0.2, 0) is 6.42 Å². The van der Waals surface area contributed by atoms with Crippen molar-refractivity contribution in [3.05, 3.63) is 59.2 Å². The number of halogens is 2. The normalized spacial score (nSPS) is 12.2. The van der Waals surface area contributed by atoms with E-state index in [2.05, 4.69) is 0 Å². The molecule has 0 aliphatic heterocycles. The van der Waals surface area contributed by atoms with E-state index in [4.69, 9.17) is 10.5 Å². The van der Waals surface area contributed by atoms with Crippen LogP contribution >= 0.6 is 0 Å². The van der Waals surface area contributed by atoms with Crippen molar-refractivity contribution in [2.75, 3.05) is 0 Å². The van der Waals surface area contributed by atoms with Gasteiger partial charge < -0.3 is 10.5 Å². The smallest absolute Gasteiger partial charge is 0.166 e. The van der Waals surface area contributed by atoms with E-state index in [1.807, 2.05) is 13.8 Å². The van der Waals surface area contributed by atoms with E-state index in [1.54, 1.807) is 24.3 Å². The van der Waals surface area contributed by atoms with Gasteiger partial charge in [0.2, 0.25) is 0 Å². The summed E-state index contributed by atoms with van der Waals surface area (Å²) in [5, 5.41) is 0. The minimum atomic E-state index is -0.519. The van der Waals surface area contributed by atoms with E-state index >= 15 is 0 Å². The van der Waals surface area contributed by atoms with Crippen molar-refractivity contribution in [3.8, 4) is 11.5 Å². The second-order valence-corrected chi connectivity index (χ2v) is 5.14. The first kappa shape index (κ1) is 15.4. The Hall–Kier alpha value is -1.94. The molecule has 112 valence electrons. The fourth-order valence-electron chi connectivity index (χ4n) is 2.05. The van der Waals surface area contributed by atoms with Gasteiger partial charge in [-0.1, -0.05) is 25.1 Å². The molecule has 0 saturated carbocycles. The average Bonchev–Trinajstić information content (AvgIpc) is 2.46. The Kier molecular flexibility index (Phi) is 4.91. The third kappa shape index (κ3) is 3.79. The lowest BCUT2D eigenvalue weighted by Crippen LogP contribution is -2.21. The Labute approximate surface area is 123 Å².